The molecule has 3 rings (SSSR count). The van der Waals surface area contributed by atoms with E-state index < -0.39 is 0 Å². The second-order valence-corrected chi connectivity index (χ2v) is 6.55. The van der Waals surface area contributed by atoms with Crippen LogP contribution in [-0.4, -0.2) is 37.1 Å². The third-order valence-electron chi connectivity index (χ3n) is 3.48. The summed E-state index contributed by atoms with van der Waals surface area (Å²) in [7, 11) is 0. The molecule has 5 heteroatoms. The number of ether oxygens (including phenoxy) is 1. The van der Waals surface area contributed by atoms with Gasteiger partial charge in [0.25, 0.3) is 0 Å². The molecule has 1 fully saturated rings. The molecule has 1 amide bonds. The Balaban J connectivity index is 1.67. The fourth-order valence-electron chi connectivity index (χ4n) is 2.32. The van der Waals surface area contributed by atoms with Crippen molar-refractivity contribution in [2.24, 2.45) is 0 Å². The van der Waals surface area contributed by atoms with E-state index in [9.17, 15) is 4.79 Å². The van der Waals surface area contributed by atoms with Crippen LogP contribution in [-0.2, 0) is 16.0 Å². The fraction of sp³-hybridized carbons (Fsp3) is 0.312. The number of rotatable bonds is 3. The molecule has 0 radical (unpaired) electrons. The van der Waals surface area contributed by atoms with Gasteiger partial charge in [0.1, 0.15) is 0 Å². The zero-order valence-electron chi connectivity index (χ0n) is 11.5. The van der Waals surface area contributed by atoms with E-state index in [2.05, 4.69) is 6.07 Å². The van der Waals surface area contributed by atoms with Crippen molar-refractivity contribution in [2.45, 2.75) is 6.42 Å². The first kappa shape index (κ1) is 14.6. The maximum Gasteiger partial charge on any atom is 0.227 e. The van der Waals surface area contributed by atoms with Crippen LogP contribution in [0.3, 0.4) is 0 Å². The topological polar surface area (TPSA) is 29.5 Å². The maximum atomic E-state index is 12.2. The summed E-state index contributed by atoms with van der Waals surface area (Å²) in [6.07, 6.45) is 0.470. The van der Waals surface area contributed by atoms with Crippen molar-refractivity contribution in [1.82, 2.24) is 4.90 Å². The summed E-state index contributed by atoms with van der Waals surface area (Å²) in [6, 6.07) is 11.9. The standard InChI is InChI=1S/C16H16ClNO2S/c17-13-3-1-12(2-4-13)15-6-5-14(21-15)11-16(19)18-7-9-20-10-8-18/h1-6H,7-11H2. The first-order valence-electron chi connectivity index (χ1n) is 6.92. The van der Waals surface area contributed by atoms with Gasteiger partial charge in [0, 0.05) is 27.9 Å². The SMILES string of the molecule is O=C(Cc1ccc(-c2ccc(Cl)cc2)s1)N1CCOCC1. The zero-order valence-corrected chi connectivity index (χ0v) is 13.1. The summed E-state index contributed by atoms with van der Waals surface area (Å²) in [5.74, 6) is 0.183. The second-order valence-electron chi connectivity index (χ2n) is 4.94. The number of morpholine rings is 1. The largest absolute Gasteiger partial charge is 0.378 e. The van der Waals surface area contributed by atoms with Gasteiger partial charge >= 0.3 is 0 Å². The highest BCUT2D eigenvalue weighted by molar-refractivity contribution is 7.15. The Morgan fingerprint density at radius 2 is 1.86 bits per heavy atom. The average molecular weight is 322 g/mol. The minimum atomic E-state index is 0.183. The van der Waals surface area contributed by atoms with E-state index in [1.807, 2.05) is 35.2 Å². The number of thiophene rings is 1. The number of hydrogen-bond donors (Lipinski definition) is 0. The lowest BCUT2D eigenvalue weighted by Gasteiger charge is -2.26. The van der Waals surface area contributed by atoms with Crippen LogP contribution in [0.15, 0.2) is 36.4 Å². The molecular formula is C16H16ClNO2S. The first-order valence-corrected chi connectivity index (χ1v) is 8.12. The van der Waals surface area contributed by atoms with E-state index in [1.165, 1.54) is 0 Å². The normalized spacial score (nSPS) is 15.2. The van der Waals surface area contributed by atoms with Crippen molar-refractivity contribution < 1.29 is 9.53 Å². The van der Waals surface area contributed by atoms with E-state index in [0.717, 1.165) is 20.3 Å². The lowest BCUT2D eigenvalue weighted by molar-refractivity contribution is -0.134. The van der Waals surface area contributed by atoms with Crippen molar-refractivity contribution in [3.8, 4) is 10.4 Å². The number of carbonyl (C=O) groups excluding carboxylic acids is 1. The summed E-state index contributed by atoms with van der Waals surface area (Å²) in [5, 5.41) is 0.734. The zero-order chi connectivity index (χ0) is 14.7. The first-order chi connectivity index (χ1) is 10.2. The number of nitrogens with zero attached hydrogens (tertiary/aromatic N) is 1. The van der Waals surface area contributed by atoms with Gasteiger partial charge in [0.05, 0.1) is 19.6 Å². The number of hydrogen-bond acceptors (Lipinski definition) is 3. The molecule has 0 spiro atoms. The van der Waals surface area contributed by atoms with Crippen LogP contribution in [0.2, 0.25) is 5.02 Å². The smallest absolute Gasteiger partial charge is 0.227 e. The van der Waals surface area contributed by atoms with Gasteiger partial charge < -0.3 is 9.64 Å². The monoisotopic (exact) mass is 321 g/mol. The van der Waals surface area contributed by atoms with Crippen LogP contribution in [0.4, 0.5) is 0 Å². The Bertz CT molecular complexity index is 617. The minimum Gasteiger partial charge on any atom is -0.378 e. The molecule has 1 aromatic heterocycles. The lowest BCUT2D eigenvalue weighted by Crippen LogP contribution is -2.41. The predicted octanol–water partition coefficient (Wildman–Crippen LogP) is 3.47. The van der Waals surface area contributed by atoms with Crippen molar-refractivity contribution in [2.75, 3.05) is 26.3 Å². The molecule has 1 aliphatic rings. The van der Waals surface area contributed by atoms with Crippen LogP contribution < -0.4 is 0 Å². The van der Waals surface area contributed by atoms with E-state index >= 15 is 0 Å². The Morgan fingerprint density at radius 1 is 1.14 bits per heavy atom. The number of carbonyl (C=O) groups is 1. The van der Waals surface area contributed by atoms with Crippen molar-refractivity contribution >= 4 is 28.8 Å². The molecule has 1 aromatic carbocycles. The Kier molecular flexibility index (Phi) is 4.58. The molecule has 1 aliphatic heterocycles. The molecule has 3 nitrogen and oxygen atoms in total. The van der Waals surface area contributed by atoms with Gasteiger partial charge in [-0.1, -0.05) is 23.7 Å². The Morgan fingerprint density at radius 3 is 2.57 bits per heavy atom. The van der Waals surface area contributed by atoms with Gasteiger partial charge in [-0.25, -0.2) is 0 Å². The van der Waals surface area contributed by atoms with Crippen LogP contribution in [0, 0.1) is 0 Å². The molecule has 0 aliphatic carbocycles. The number of benzene rings is 1. The van der Waals surface area contributed by atoms with Gasteiger partial charge in [-0.15, -0.1) is 11.3 Å². The van der Waals surface area contributed by atoms with Gasteiger partial charge in [0.2, 0.25) is 5.91 Å². The van der Waals surface area contributed by atoms with Gasteiger partial charge in [0.15, 0.2) is 0 Å². The Hall–Kier alpha value is -1.36. The van der Waals surface area contributed by atoms with Gasteiger partial charge in [-0.3, -0.25) is 4.79 Å². The molecule has 0 unspecified atom stereocenters. The summed E-state index contributed by atoms with van der Waals surface area (Å²) in [4.78, 5) is 16.4. The minimum absolute atomic E-state index is 0.183. The van der Waals surface area contributed by atoms with Gasteiger partial charge in [-0.2, -0.15) is 0 Å². The maximum absolute atomic E-state index is 12.2. The quantitative estimate of drug-likeness (QED) is 0.866. The highest BCUT2D eigenvalue weighted by Gasteiger charge is 2.17. The summed E-state index contributed by atoms with van der Waals surface area (Å²) in [6.45, 7) is 2.70. The van der Waals surface area contributed by atoms with Crippen LogP contribution in [0.25, 0.3) is 10.4 Å². The third-order valence-corrected chi connectivity index (χ3v) is 4.87. The molecule has 21 heavy (non-hydrogen) atoms. The predicted molar refractivity (Wildman–Crippen MR) is 85.9 cm³/mol. The molecule has 0 bridgehead atoms. The number of halogens is 1. The molecule has 1 saturated heterocycles. The van der Waals surface area contributed by atoms with E-state index in [4.69, 9.17) is 16.3 Å². The van der Waals surface area contributed by atoms with Crippen LogP contribution in [0.1, 0.15) is 4.88 Å². The summed E-state index contributed by atoms with van der Waals surface area (Å²) >= 11 is 7.56. The molecular weight excluding hydrogens is 306 g/mol. The summed E-state index contributed by atoms with van der Waals surface area (Å²) < 4.78 is 5.27. The van der Waals surface area contributed by atoms with E-state index in [1.54, 1.807) is 11.3 Å². The molecule has 0 atom stereocenters. The van der Waals surface area contributed by atoms with Crippen LogP contribution in [0.5, 0.6) is 0 Å². The van der Waals surface area contributed by atoms with Gasteiger partial charge in [-0.05, 0) is 29.8 Å². The molecule has 2 heterocycles. The average Bonchev–Trinajstić information content (AvgIpc) is 2.97. The highest BCUT2D eigenvalue weighted by atomic mass is 35.5. The van der Waals surface area contributed by atoms with Crippen molar-refractivity contribution in [3.63, 3.8) is 0 Å². The van der Waals surface area contributed by atoms with E-state index in [-0.39, 0.29) is 5.91 Å². The van der Waals surface area contributed by atoms with Crippen molar-refractivity contribution in [3.05, 3.63) is 46.3 Å². The van der Waals surface area contributed by atoms with E-state index in [0.29, 0.717) is 32.7 Å². The Labute approximate surface area is 133 Å². The second kappa shape index (κ2) is 6.60. The molecule has 0 saturated carbocycles. The molecule has 2 aromatic rings. The van der Waals surface area contributed by atoms with Crippen LogP contribution >= 0.6 is 22.9 Å². The highest BCUT2D eigenvalue weighted by Crippen LogP contribution is 2.29. The fourth-order valence-corrected chi connectivity index (χ4v) is 3.45. The molecule has 0 N–H and O–H groups in total. The number of amides is 1. The molecule has 110 valence electrons. The summed E-state index contributed by atoms with van der Waals surface area (Å²) in [5.41, 5.74) is 1.13. The third kappa shape index (κ3) is 3.64. The van der Waals surface area contributed by atoms with Crippen molar-refractivity contribution in [1.29, 1.82) is 0 Å². The lowest BCUT2D eigenvalue weighted by atomic mass is 10.2.